The number of thioether (sulfide) groups is 1. The van der Waals surface area contributed by atoms with Gasteiger partial charge >= 0.3 is 0 Å². The smallest absolute Gasteiger partial charge is 0.154 e. The van der Waals surface area contributed by atoms with Gasteiger partial charge in [0.25, 0.3) is 0 Å². The minimum atomic E-state index is -1.13. The fourth-order valence-electron chi connectivity index (χ4n) is 2.20. The minimum absolute atomic E-state index is 0.197. The average molecular weight is 283 g/mol. The Morgan fingerprint density at radius 1 is 1.00 bits per heavy atom. The van der Waals surface area contributed by atoms with E-state index in [1.54, 1.807) is 0 Å². The van der Waals surface area contributed by atoms with Crippen LogP contribution in [0.5, 0.6) is 0 Å². The fourth-order valence-corrected chi connectivity index (χ4v) is 2.89. The molecule has 0 heterocycles. The molecule has 0 N–H and O–H groups in total. The van der Waals surface area contributed by atoms with E-state index in [1.165, 1.54) is 39.5 Å². The van der Waals surface area contributed by atoms with Crippen molar-refractivity contribution < 1.29 is 9.59 Å². The quantitative estimate of drug-likeness (QED) is 0.323. The molecule has 0 aliphatic heterocycles. The van der Waals surface area contributed by atoms with E-state index in [1.807, 2.05) is 5.40 Å². The summed E-state index contributed by atoms with van der Waals surface area (Å²) in [6.45, 7) is 5.01. The molecular formula is C15H25NO2S. The van der Waals surface area contributed by atoms with Gasteiger partial charge in [0.05, 0.1) is 0 Å². The SMILES string of the molecule is CCCCCCCCCC(SC#N)(C(C)=O)C(C)=O. The van der Waals surface area contributed by atoms with E-state index in [9.17, 15) is 9.59 Å². The van der Waals surface area contributed by atoms with Crippen molar-refractivity contribution in [2.45, 2.75) is 76.9 Å². The molecule has 0 radical (unpaired) electrons. The number of hydrogen-bond acceptors (Lipinski definition) is 4. The Morgan fingerprint density at radius 2 is 1.47 bits per heavy atom. The maximum Gasteiger partial charge on any atom is 0.154 e. The van der Waals surface area contributed by atoms with Crippen LogP contribution in [0.3, 0.4) is 0 Å². The molecule has 0 amide bonds. The second-order valence-electron chi connectivity index (χ2n) is 5.00. The lowest BCUT2D eigenvalue weighted by Crippen LogP contribution is -2.40. The third-order valence-electron chi connectivity index (χ3n) is 3.49. The van der Waals surface area contributed by atoms with Crippen molar-refractivity contribution in [3.63, 3.8) is 0 Å². The fraction of sp³-hybridized carbons (Fsp3) is 0.800. The van der Waals surface area contributed by atoms with Crippen molar-refractivity contribution in [1.29, 1.82) is 5.26 Å². The third kappa shape index (κ3) is 6.24. The normalized spacial score (nSPS) is 11.1. The first-order valence-electron chi connectivity index (χ1n) is 7.10. The molecule has 0 aromatic rings. The summed E-state index contributed by atoms with van der Waals surface area (Å²) < 4.78 is -1.13. The lowest BCUT2D eigenvalue weighted by Gasteiger charge is -2.24. The van der Waals surface area contributed by atoms with Crippen molar-refractivity contribution in [3.8, 4) is 5.40 Å². The van der Waals surface area contributed by atoms with Crippen molar-refractivity contribution in [2.24, 2.45) is 0 Å². The first kappa shape index (κ1) is 18.2. The van der Waals surface area contributed by atoms with Gasteiger partial charge in [0.15, 0.2) is 11.6 Å². The zero-order valence-electron chi connectivity index (χ0n) is 12.3. The number of carbonyl (C=O) groups excluding carboxylic acids is 2. The Balaban J connectivity index is 4.18. The number of hydrogen-bond donors (Lipinski definition) is 0. The standard InChI is InChI=1S/C15H25NO2S/c1-4-5-6-7-8-9-10-11-15(13(2)17,14(3)18)19-12-16/h4-11H2,1-3H3. The monoisotopic (exact) mass is 283 g/mol. The molecule has 0 aromatic carbocycles. The summed E-state index contributed by atoms with van der Waals surface area (Å²) in [5.41, 5.74) is 0. The summed E-state index contributed by atoms with van der Waals surface area (Å²) >= 11 is 0.818. The van der Waals surface area contributed by atoms with E-state index in [-0.39, 0.29) is 11.6 Å². The zero-order chi connectivity index (χ0) is 14.7. The molecule has 0 saturated carbocycles. The van der Waals surface area contributed by atoms with Crippen LogP contribution in [-0.2, 0) is 9.59 Å². The number of ketones is 2. The lowest BCUT2D eigenvalue weighted by molar-refractivity contribution is -0.128. The molecule has 0 aliphatic carbocycles. The van der Waals surface area contributed by atoms with Crippen LogP contribution < -0.4 is 0 Å². The summed E-state index contributed by atoms with van der Waals surface area (Å²) in [5, 5.41) is 10.7. The highest BCUT2D eigenvalue weighted by atomic mass is 32.2. The van der Waals surface area contributed by atoms with E-state index < -0.39 is 4.75 Å². The molecule has 0 aliphatic rings. The first-order chi connectivity index (χ1) is 9.01. The third-order valence-corrected chi connectivity index (χ3v) is 4.71. The number of unbranched alkanes of at least 4 members (excludes halogenated alkanes) is 6. The van der Waals surface area contributed by atoms with Crippen LogP contribution in [-0.4, -0.2) is 16.3 Å². The molecule has 3 nitrogen and oxygen atoms in total. The van der Waals surface area contributed by atoms with Crippen LogP contribution in [0, 0.1) is 10.7 Å². The van der Waals surface area contributed by atoms with Crippen LogP contribution >= 0.6 is 11.8 Å². The van der Waals surface area contributed by atoms with Crippen molar-refractivity contribution in [3.05, 3.63) is 0 Å². The Morgan fingerprint density at radius 3 is 1.89 bits per heavy atom. The molecule has 0 spiro atoms. The molecule has 0 bridgehead atoms. The summed E-state index contributed by atoms with van der Waals surface area (Å²) in [6, 6.07) is 0. The number of carbonyl (C=O) groups is 2. The second kappa shape index (κ2) is 10.0. The van der Waals surface area contributed by atoms with Gasteiger partial charge in [0.2, 0.25) is 0 Å². The minimum Gasteiger partial charge on any atom is -0.298 e. The molecule has 0 aromatic heterocycles. The van der Waals surface area contributed by atoms with Gasteiger partial charge in [-0.3, -0.25) is 9.59 Å². The Labute approximate surface area is 121 Å². The highest BCUT2D eigenvalue weighted by Crippen LogP contribution is 2.33. The van der Waals surface area contributed by atoms with E-state index in [0.717, 1.165) is 31.0 Å². The van der Waals surface area contributed by atoms with Crippen LogP contribution in [0.4, 0.5) is 0 Å². The first-order valence-corrected chi connectivity index (χ1v) is 7.92. The van der Waals surface area contributed by atoms with Crippen LogP contribution in [0.2, 0.25) is 0 Å². The Kier molecular flexibility index (Phi) is 9.59. The highest BCUT2D eigenvalue weighted by Gasteiger charge is 2.41. The van der Waals surface area contributed by atoms with Crippen LogP contribution in [0.15, 0.2) is 0 Å². The van der Waals surface area contributed by atoms with Gasteiger partial charge in [-0.1, -0.05) is 51.9 Å². The molecule has 19 heavy (non-hydrogen) atoms. The van der Waals surface area contributed by atoms with E-state index in [0.29, 0.717) is 6.42 Å². The van der Waals surface area contributed by atoms with Gasteiger partial charge in [-0.2, -0.15) is 5.26 Å². The number of nitrogens with zero attached hydrogens (tertiary/aromatic N) is 1. The maximum atomic E-state index is 11.7. The number of rotatable bonds is 11. The molecule has 0 unspecified atom stereocenters. The van der Waals surface area contributed by atoms with E-state index in [4.69, 9.17) is 5.26 Å². The number of thiocyanates is 1. The van der Waals surface area contributed by atoms with Gasteiger partial charge in [0.1, 0.15) is 10.1 Å². The second-order valence-corrected chi connectivity index (χ2v) is 6.09. The largest absolute Gasteiger partial charge is 0.298 e. The number of Topliss-reactive ketones (excluding diaryl/α,β-unsaturated/α-hetero) is 2. The topological polar surface area (TPSA) is 57.9 Å². The van der Waals surface area contributed by atoms with Gasteiger partial charge in [-0.05, 0) is 32.0 Å². The van der Waals surface area contributed by atoms with Crippen molar-refractivity contribution >= 4 is 23.3 Å². The predicted octanol–water partition coefficient (Wildman–Crippen LogP) is 4.26. The van der Waals surface area contributed by atoms with E-state index >= 15 is 0 Å². The molecule has 108 valence electrons. The molecule has 0 saturated heterocycles. The molecule has 0 fully saturated rings. The summed E-state index contributed by atoms with van der Waals surface area (Å²) in [7, 11) is 0. The van der Waals surface area contributed by atoms with Crippen molar-refractivity contribution in [1.82, 2.24) is 0 Å². The van der Waals surface area contributed by atoms with Gasteiger partial charge < -0.3 is 0 Å². The lowest BCUT2D eigenvalue weighted by atomic mass is 9.92. The summed E-state index contributed by atoms with van der Waals surface area (Å²) in [4.78, 5) is 23.4. The highest BCUT2D eigenvalue weighted by molar-refractivity contribution is 8.06. The Bertz CT molecular complexity index is 320. The predicted molar refractivity (Wildman–Crippen MR) is 79.9 cm³/mol. The summed E-state index contributed by atoms with van der Waals surface area (Å²) in [6.07, 6.45) is 8.47. The van der Waals surface area contributed by atoms with Crippen LogP contribution in [0.1, 0.15) is 72.1 Å². The molecule has 4 heteroatoms. The molecular weight excluding hydrogens is 258 g/mol. The van der Waals surface area contributed by atoms with Crippen LogP contribution in [0.25, 0.3) is 0 Å². The maximum absolute atomic E-state index is 11.7. The Hall–Kier alpha value is -0.820. The number of nitriles is 1. The molecule has 0 atom stereocenters. The summed E-state index contributed by atoms with van der Waals surface area (Å²) in [5.74, 6) is -0.393. The average Bonchev–Trinajstić information content (AvgIpc) is 2.35. The van der Waals surface area contributed by atoms with Gasteiger partial charge in [-0.25, -0.2) is 0 Å². The molecule has 0 rings (SSSR count). The zero-order valence-corrected chi connectivity index (χ0v) is 13.1. The van der Waals surface area contributed by atoms with E-state index in [2.05, 4.69) is 6.92 Å². The van der Waals surface area contributed by atoms with Gasteiger partial charge in [0, 0.05) is 0 Å². The van der Waals surface area contributed by atoms with Gasteiger partial charge in [-0.15, -0.1) is 0 Å². The van der Waals surface area contributed by atoms with Crippen molar-refractivity contribution in [2.75, 3.05) is 0 Å².